The van der Waals surface area contributed by atoms with E-state index in [1.165, 1.54) is 12.6 Å². The third kappa shape index (κ3) is 4.82. The van der Waals surface area contributed by atoms with Crippen LogP contribution in [-0.4, -0.2) is 67.8 Å². The summed E-state index contributed by atoms with van der Waals surface area (Å²) in [7, 11) is 1.48. The number of carbonyl (C=O) groups is 3. The topological polar surface area (TPSA) is 79.4 Å². The Balaban J connectivity index is 1.28. The first kappa shape index (κ1) is 30.2. The Morgan fingerprint density at radius 2 is 1.45 bits per heavy atom. The molecule has 0 radical (unpaired) electrons. The highest BCUT2D eigenvalue weighted by molar-refractivity contribution is 6.05. The molecule has 0 saturated carbocycles. The van der Waals surface area contributed by atoms with Gasteiger partial charge < -0.3 is 14.4 Å². The number of hydrogen-bond donors (Lipinski definition) is 0. The number of ether oxygens (including phenoxy) is 2. The van der Waals surface area contributed by atoms with Gasteiger partial charge in [-0.3, -0.25) is 24.2 Å². The number of amides is 3. The molecule has 0 bridgehead atoms. The fourth-order valence-corrected chi connectivity index (χ4v) is 6.62. The molecule has 2 aromatic carbocycles. The highest BCUT2D eigenvalue weighted by atomic mass is 16.5. The number of benzene rings is 2. The van der Waals surface area contributed by atoms with Crippen molar-refractivity contribution in [1.29, 1.82) is 0 Å². The van der Waals surface area contributed by atoms with Crippen molar-refractivity contribution in [3.8, 4) is 5.75 Å². The standard InChI is InChI=1S/C34H45N3O5/c1-31(2)33(5,6)42-34(7,8)32(3,4)37(31)19-22-13-15-23(16-14-22)21-41-27-12-10-11-24-25(27)20-36(29(24)39)26-17-18-28(38)35(9)30(26)40/h10-16,26H,17-21H2,1-9H3. The lowest BCUT2D eigenvalue weighted by atomic mass is 9.71. The van der Waals surface area contributed by atoms with Gasteiger partial charge in [0.25, 0.3) is 11.8 Å². The quantitative estimate of drug-likeness (QED) is 0.434. The Morgan fingerprint density at radius 3 is 2.07 bits per heavy atom. The van der Waals surface area contributed by atoms with Crippen LogP contribution in [0.5, 0.6) is 5.75 Å². The number of morpholine rings is 1. The summed E-state index contributed by atoms with van der Waals surface area (Å²) in [5.41, 5.74) is 2.54. The number of imide groups is 1. The molecule has 8 heteroatoms. The van der Waals surface area contributed by atoms with Gasteiger partial charge in [-0.25, -0.2) is 0 Å². The van der Waals surface area contributed by atoms with E-state index in [-0.39, 0.29) is 46.4 Å². The van der Waals surface area contributed by atoms with Gasteiger partial charge in [0.15, 0.2) is 0 Å². The summed E-state index contributed by atoms with van der Waals surface area (Å²) >= 11 is 0. The van der Waals surface area contributed by atoms with E-state index in [1.54, 1.807) is 11.0 Å². The molecule has 3 aliphatic rings. The molecule has 1 atom stereocenters. The zero-order valence-electron chi connectivity index (χ0n) is 26.5. The van der Waals surface area contributed by atoms with Crippen molar-refractivity contribution in [2.75, 3.05) is 7.05 Å². The van der Waals surface area contributed by atoms with Gasteiger partial charge in [-0.05, 0) is 85.1 Å². The Bertz CT molecular complexity index is 1380. The van der Waals surface area contributed by atoms with Gasteiger partial charge in [-0.15, -0.1) is 0 Å². The van der Waals surface area contributed by atoms with Crippen molar-refractivity contribution >= 4 is 17.7 Å². The number of rotatable bonds is 6. The zero-order valence-corrected chi connectivity index (χ0v) is 26.5. The molecular formula is C34H45N3O5. The molecule has 3 amide bonds. The van der Waals surface area contributed by atoms with Crippen molar-refractivity contribution in [1.82, 2.24) is 14.7 Å². The van der Waals surface area contributed by atoms with Crippen LogP contribution in [0.25, 0.3) is 0 Å². The second kappa shape index (κ2) is 10.2. The predicted molar refractivity (Wildman–Crippen MR) is 161 cm³/mol. The molecule has 2 aromatic rings. The average molecular weight is 576 g/mol. The van der Waals surface area contributed by atoms with Crippen LogP contribution in [0.1, 0.15) is 95.3 Å². The van der Waals surface area contributed by atoms with E-state index in [4.69, 9.17) is 9.47 Å². The summed E-state index contributed by atoms with van der Waals surface area (Å²) in [4.78, 5) is 43.2. The SMILES string of the molecule is CN1C(=O)CCC(N2Cc3c(OCc4ccc(CN5C(C)(C)C(C)(C)OC(C)(C)C5(C)C)cc4)cccc3C2=O)C1=O. The number of carbonyl (C=O) groups excluding carboxylic acids is 3. The van der Waals surface area contributed by atoms with Crippen molar-refractivity contribution in [3.05, 3.63) is 64.7 Å². The minimum Gasteiger partial charge on any atom is -0.489 e. The maximum absolute atomic E-state index is 13.2. The van der Waals surface area contributed by atoms with Gasteiger partial charge in [-0.2, -0.15) is 0 Å². The van der Waals surface area contributed by atoms with E-state index < -0.39 is 6.04 Å². The minimum atomic E-state index is -0.634. The fraction of sp³-hybridized carbons (Fsp3) is 0.559. The van der Waals surface area contributed by atoms with Crippen LogP contribution >= 0.6 is 0 Å². The van der Waals surface area contributed by atoms with Crippen LogP contribution in [0.15, 0.2) is 42.5 Å². The Morgan fingerprint density at radius 1 is 0.857 bits per heavy atom. The first-order chi connectivity index (χ1) is 19.5. The maximum Gasteiger partial charge on any atom is 0.255 e. The lowest BCUT2D eigenvalue weighted by Crippen LogP contribution is -2.77. The number of nitrogens with zero attached hydrogens (tertiary/aromatic N) is 3. The predicted octanol–water partition coefficient (Wildman–Crippen LogP) is 5.32. The minimum absolute atomic E-state index is 0.193. The Labute approximate surface area is 249 Å². The molecule has 0 N–H and O–H groups in total. The molecule has 1 unspecified atom stereocenters. The number of likely N-dealkylation sites (N-methyl/N-ethyl adjacent to an activating group) is 1. The number of fused-ring (bicyclic) bond motifs is 1. The molecule has 3 aliphatic heterocycles. The van der Waals surface area contributed by atoms with Crippen LogP contribution in [0.4, 0.5) is 0 Å². The molecule has 2 saturated heterocycles. The molecule has 42 heavy (non-hydrogen) atoms. The summed E-state index contributed by atoms with van der Waals surface area (Å²) in [5, 5.41) is 0. The van der Waals surface area contributed by atoms with Crippen molar-refractivity contribution < 1.29 is 23.9 Å². The smallest absolute Gasteiger partial charge is 0.255 e. The van der Waals surface area contributed by atoms with E-state index in [1.807, 2.05) is 12.1 Å². The highest BCUT2D eigenvalue weighted by Crippen LogP contribution is 2.50. The average Bonchev–Trinajstić information content (AvgIpc) is 3.25. The third-order valence-corrected chi connectivity index (χ3v) is 10.5. The summed E-state index contributed by atoms with van der Waals surface area (Å²) in [5.74, 6) is -0.0888. The monoisotopic (exact) mass is 575 g/mol. The number of piperidine rings is 1. The molecular weight excluding hydrogens is 530 g/mol. The number of hydrogen-bond acceptors (Lipinski definition) is 6. The van der Waals surface area contributed by atoms with E-state index in [0.29, 0.717) is 30.9 Å². The first-order valence-electron chi connectivity index (χ1n) is 14.9. The molecule has 8 nitrogen and oxygen atoms in total. The molecule has 3 heterocycles. The lowest BCUT2D eigenvalue weighted by Gasteiger charge is -2.66. The van der Waals surface area contributed by atoms with Crippen LogP contribution in [0.3, 0.4) is 0 Å². The third-order valence-electron chi connectivity index (χ3n) is 10.5. The second-order valence-corrected chi connectivity index (χ2v) is 14.0. The summed E-state index contributed by atoms with van der Waals surface area (Å²) in [6.45, 7) is 19.2. The molecule has 0 spiro atoms. The molecule has 226 valence electrons. The van der Waals surface area contributed by atoms with Gasteiger partial charge in [0.1, 0.15) is 18.4 Å². The first-order valence-corrected chi connectivity index (χ1v) is 14.9. The van der Waals surface area contributed by atoms with Crippen molar-refractivity contribution in [2.45, 2.75) is 116 Å². The van der Waals surface area contributed by atoms with E-state index >= 15 is 0 Å². The van der Waals surface area contributed by atoms with Gasteiger partial charge in [0.05, 0.1) is 17.7 Å². The van der Waals surface area contributed by atoms with E-state index in [9.17, 15) is 14.4 Å². The van der Waals surface area contributed by atoms with Crippen LogP contribution in [0, 0.1) is 0 Å². The van der Waals surface area contributed by atoms with Crippen LogP contribution < -0.4 is 4.74 Å². The Kier molecular flexibility index (Phi) is 7.34. The number of likely N-dealkylation sites (tertiary alicyclic amines) is 1. The maximum atomic E-state index is 13.2. The van der Waals surface area contributed by atoms with Gasteiger partial charge in [-0.1, -0.05) is 30.3 Å². The molecule has 5 rings (SSSR count). The Hall–Kier alpha value is -3.23. The molecule has 2 fully saturated rings. The van der Waals surface area contributed by atoms with Crippen LogP contribution in [-0.2, 0) is 34.0 Å². The fourth-order valence-electron chi connectivity index (χ4n) is 6.62. The second-order valence-electron chi connectivity index (χ2n) is 14.0. The van der Waals surface area contributed by atoms with Crippen molar-refractivity contribution in [3.63, 3.8) is 0 Å². The highest BCUT2D eigenvalue weighted by Gasteiger charge is 2.60. The molecule has 0 aromatic heterocycles. The lowest BCUT2D eigenvalue weighted by molar-refractivity contribution is -0.294. The van der Waals surface area contributed by atoms with E-state index in [2.05, 4.69) is 84.6 Å². The van der Waals surface area contributed by atoms with E-state index in [0.717, 1.165) is 22.6 Å². The summed E-state index contributed by atoms with van der Waals surface area (Å²) in [6, 6.07) is 13.3. The normalized spacial score (nSPS) is 24.6. The zero-order chi connectivity index (χ0) is 30.8. The van der Waals surface area contributed by atoms with Gasteiger partial charge in [0.2, 0.25) is 5.91 Å². The summed E-state index contributed by atoms with van der Waals surface area (Å²) < 4.78 is 12.9. The van der Waals surface area contributed by atoms with Crippen LogP contribution in [0.2, 0.25) is 0 Å². The van der Waals surface area contributed by atoms with Gasteiger partial charge >= 0.3 is 0 Å². The largest absolute Gasteiger partial charge is 0.489 e. The van der Waals surface area contributed by atoms with Crippen molar-refractivity contribution in [2.24, 2.45) is 0 Å². The summed E-state index contributed by atoms with van der Waals surface area (Å²) in [6.07, 6.45) is 0.598. The van der Waals surface area contributed by atoms with Gasteiger partial charge in [0, 0.05) is 42.2 Å². The molecule has 0 aliphatic carbocycles.